The van der Waals surface area contributed by atoms with Crippen molar-refractivity contribution < 1.29 is 4.74 Å². The highest BCUT2D eigenvalue weighted by atomic mass is 35.5. The van der Waals surface area contributed by atoms with E-state index in [1.54, 1.807) is 16.8 Å². The minimum Gasteiger partial charge on any atom is -0.482 e. The van der Waals surface area contributed by atoms with Crippen LogP contribution < -0.4 is 10.5 Å². The van der Waals surface area contributed by atoms with Crippen molar-refractivity contribution in [3.05, 3.63) is 34.3 Å². The zero-order valence-electron chi connectivity index (χ0n) is 9.73. The SMILES string of the molecule is CCn1ncnc1COc1c(Cl)cc(N)cc1Cl. The summed E-state index contributed by atoms with van der Waals surface area (Å²) in [7, 11) is 0. The van der Waals surface area contributed by atoms with Gasteiger partial charge in [0, 0.05) is 12.2 Å². The van der Waals surface area contributed by atoms with E-state index < -0.39 is 0 Å². The zero-order chi connectivity index (χ0) is 13.1. The van der Waals surface area contributed by atoms with Crippen LogP contribution >= 0.6 is 23.2 Å². The van der Waals surface area contributed by atoms with E-state index in [0.29, 0.717) is 27.3 Å². The maximum atomic E-state index is 6.02. The molecule has 0 atom stereocenters. The van der Waals surface area contributed by atoms with Crippen LogP contribution in [0.5, 0.6) is 5.75 Å². The minimum absolute atomic E-state index is 0.247. The molecule has 1 aromatic carbocycles. The molecule has 5 nitrogen and oxygen atoms in total. The number of ether oxygens (including phenoxy) is 1. The normalized spacial score (nSPS) is 10.6. The fourth-order valence-electron chi connectivity index (χ4n) is 1.52. The highest BCUT2D eigenvalue weighted by molar-refractivity contribution is 6.37. The summed E-state index contributed by atoms with van der Waals surface area (Å²) in [5.74, 6) is 1.11. The summed E-state index contributed by atoms with van der Waals surface area (Å²) in [6.07, 6.45) is 1.48. The Morgan fingerprint density at radius 1 is 1.33 bits per heavy atom. The van der Waals surface area contributed by atoms with Crippen LogP contribution in [0.4, 0.5) is 5.69 Å². The molecule has 0 spiro atoms. The molecule has 0 saturated heterocycles. The van der Waals surface area contributed by atoms with Crippen LogP contribution in [-0.2, 0) is 13.2 Å². The molecule has 1 aromatic heterocycles. The van der Waals surface area contributed by atoms with Gasteiger partial charge in [-0.2, -0.15) is 5.10 Å². The lowest BCUT2D eigenvalue weighted by atomic mass is 10.3. The van der Waals surface area contributed by atoms with Crippen LogP contribution in [-0.4, -0.2) is 14.8 Å². The van der Waals surface area contributed by atoms with Gasteiger partial charge in [-0.3, -0.25) is 0 Å². The molecule has 0 fully saturated rings. The highest BCUT2D eigenvalue weighted by Crippen LogP contribution is 2.35. The molecule has 2 aromatic rings. The minimum atomic E-state index is 0.247. The molecule has 0 saturated carbocycles. The number of hydrogen-bond acceptors (Lipinski definition) is 4. The Morgan fingerprint density at radius 2 is 2.00 bits per heavy atom. The first-order chi connectivity index (χ1) is 8.61. The molecule has 0 amide bonds. The van der Waals surface area contributed by atoms with Crippen molar-refractivity contribution in [1.82, 2.24) is 14.8 Å². The largest absolute Gasteiger partial charge is 0.482 e. The fourth-order valence-corrected chi connectivity index (χ4v) is 2.13. The van der Waals surface area contributed by atoms with Crippen LogP contribution in [0.1, 0.15) is 12.7 Å². The van der Waals surface area contributed by atoms with Gasteiger partial charge in [-0.05, 0) is 19.1 Å². The van der Waals surface area contributed by atoms with Gasteiger partial charge >= 0.3 is 0 Å². The van der Waals surface area contributed by atoms with Gasteiger partial charge < -0.3 is 10.5 Å². The van der Waals surface area contributed by atoms with Crippen LogP contribution in [0.25, 0.3) is 0 Å². The molecule has 18 heavy (non-hydrogen) atoms. The Balaban J connectivity index is 2.16. The van der Waals surface area contributed by atoms with E-state index in [0.717, 1.165) is 6.54 Å². The number of aryl methyl sites for hydroxylation is 1. The average molecular weight is 287 g/mol. The Labute approximate surface area is 114 Å². The molecule has 0 bridgehead atoms. The molecule has 0 aliphatic heterocycles. The first-order valence-corrected chi connectivity index (χ1v) is 6.11. The topological polar surface area (TPSA) is 66.0 Å². The Morgan fingerprint density at radius 3 is 2.61 bits per heavy atom. The third kappa shape index (κ3) is 2.68. The summed E-state index contributed by atoms with van der Waals surface area (Å²) in [4.78, 5) is 4.09. The van der Waals surface area contributed by atoms with Crippen molar-refractivity contribution in [2.75, 3.05) is 5.73 Å². The predicted octanol–water partition coefficient (Wildman–Crippen LogP) is 2.77. The van der Waals surface area contributed by atoms with Crippen LogP contribution in [0.3, 0.4) is 0 Å². The molecule has 1 heterocycles. The summed E-state index contributed by atoms with van der Waals surface area (Å²) in [5.41, 5.74) is 6.11. The molecule has 0 aliphatic carbocycles. The summed E-state index contributed by atoms with van der Waals surface area (Å²) in [6, 6.07) is 3.18. The molecular weight excluding hydrogens is 275 g/mol. The number of hydrogen-bond donors (Lipinski definition) is 1. The first kappa shape index (κ1) is 13.0. The average Bonchev–Trinajstić information content (AvgIpc) is 2.75. The lowest BCUT2D eigenvalue weighted by molar-refractivity contribution is 0.287. The highest BCUT2D eigenvalue weighted by Gasteiger charge is 2.11. The van der Waals surface area contributed by atoms with E-state index >= 15 is 0 Å². The lowest BCUT2D eigenvalue weighted by Crippen LogP contribution is -2.07. The van der Waals surface area contributed by atoms with Gasteiger partial charge in [0.05, 0.1) is 10.0 Å². The first-order valence-electron chi connectivity index (χ1n) is 5.35. The van der Waals surface area contributed by atoms with E-state index in [9.17, 15) is 0 Å². The van der Waals surface area contributed by atoms with Gasteiger partial charge in [0.1, 0.15) is 12.9 Å². The molecule has 2 rings (SSSR count). The van der Waals surface area contributed by atoms with Gasteiger partial charge in [-0.25, -0.2) is 9.67 Å². The molecule has 2 N–H and O–H groups in total. The van der Waals surface area contributed by atoms with Crippen molar-refractivity contribution in [3.8, 4) is 5.75 Å². The summed E-state index contributed by atoms with van der Waals surface area (Å²) in [6.45, 7) is 2.94. The maximum Gasteiger partial charge on any atom is 0.164 e. The predicted molar refractivity (Wildman–Crippen MR) is 70.9 cm³/mol. The van der Waals surface area contributed by atoms with E-state index in [1.165, 1.54) is 6.33 Å². The number of nitrogens with zero attached hydrogens (tertiary/aromatic N) is 3. The molecule has 96 valence electrons. The Kier molecular flexibility index (Phi) is 3.93. The number of rotatable bonds is 4. The quantitative estimate of drug-likeness (QED) is 0.878. The molecular formula is C11H12Cl2N4O. The lowest BCUT2D eigenvalue weighted by Gasteiger charge is -2.10. The number of aromatic nitrogens is 3. The van der Waals surface area contributed by atoms with E-state index in [2.05, 4.69) is 10.1 Å². The third-order valence-corrected chi connectivity index (χ3v) is 2.92. The number of anilines is 1. The number of halogens is 2. The van der Waals surface area contributed by atoms with E-state index in [-0.39, 0.29) is 6.61 Å². The second-order valence-electron chi connectivity index (χ2n) is 3.59. The zero-order valence-corrected chi connectivity index (χ0v) is 11.2. The number of nitrogens with two attached hydrogens (primary N) is 1. The van der Waals surface area contributed by atoms with Crippen LogP contribution in [0.15, 0.2) is 18.5 Å². The van der Waals surface area contributed by atoms with Gasteiger partial charge in [0.2, 0.25) is 0 Å². The smallest absolute Gasteiger partial charge is 0.164 e. The van der Waals surface area contributed by atoms with Gasteiger partial charge in [-0.1, -0.05) is 23.2 Å². The molecule has 0 radical (unpaired) electrons. The second-order valence-corrected chi connectivity index (χ2v) is 4.41. The molecule has 7 heteroatoms. The molecule has 0 aliphatic rings. The van der Waals surface area contributed by atoms with Crippen molar-refractivity contribution in [1.29, 1.82) is 0 Å². The van der Waals surface area contributed by atoms with Crippen LogP contribution in [0.2, 0.25) is 10.0 Å². The van der Waals surface area contributed by atoms with Crippen molar-refractivity contribution in [2.24, 2.45) is 0 Å². The number of nitrogen functional groups attached to an aromatic ring is 1. The maximum absolute atomic E-state index is 6.02. The van der Waals surface area contributed by atoms with Crippen molar-refractivity contribution in [2.45, 2.75) is 20.1 Å². The summed E-state index contributed by atoms with van der Waals surface area (Å²) in [5, 5.41) is 4.80. The van der Waals surface area contributed by atoms with Gasteiger partial charge in [0.25, 0.3) is 0 Å². The third-order valence-electron chi connectivity index (χ3n) is 2.36. The summed E-state index contributed by atoms with van der Waals surface area (Å²) < 4.78 is 7.30. The van der Waals surface area contributed by atoms with Crippen molar-refractivity contribution in [3.63, 3.8) is 0 Å². The molecule has 0 unspecified atom stereocenters. The van der Waals surface area contributed by atoms with Gasteiger partial charge in [-0.15, -0.1) is 0 Å². The second kappa shape index (κ2) is 5.46. The standard InChI is InChI=1S/C11H12Cl2N4O/c1-2-17-10(15-6-16-17)5-18-11-8(12)3-7(14)4-9(11)13/h3-4,6H,2,5,14H2,1H3. The Hall–Kier alpha value is -1.46. The Bertz CT molecular complexity index is 533. The van der Waals surface area contributed by atoms with Crippen molar-refractivity contribution >= 4 is 28.9 Å². The van der Waals surface area contributed by atoms with Gasteiger partial charge in [0.15, 0.2) is 11.6 Å². The fraction of sp³-hybridized carbons (Fsp3) is 0.273. The monoisotopic (exact) mass is 286 g/mol. The number of benzene rings is 1. The van der Waals surface area contributed by atoms with Crippen LogP contribution in [0, 0.1) is 0 Å². The van der Waals surface area contributed by atoms with E-state index in [4.69, 9.17) is 33.7 Å². The summed E-state index contributed by atoms with van der Waals surface area (Å²) >= 11 is 12.0. The van der Waals surface area contributed by atoms with E-state index in [1.807, 2.05) is 6.92 Å².